The van der Waals surface area contributed by atoms with Crippen LogP contribution in [-0.4, -0.2) is 20.9 Å². The number of hydrogen-bond acceptors (Lipinski definition) is 3. The number of benzene rings is 2. The third-order valence-electron chi connectivity index (χ3n) is 3.52. The Morgan fingerprint density at radius 2 is 2.00 bits per heavy atom. The average Bonchev–Trinajstić information content (AvgIpc) is 2.85. The van der Waals surface area contributed by atoms with Crippen molar-refractivity contribution in [1.82, 2.24) is 9.78 Å². The van der Waals surface area contributed by atoms with Crippen molar-refractivity contribution in [3.63, 3.8) is 0 Å². The van der Waals surface area contributed by atoms with Crippen LogP contribution in [0.1, 0.15) is 11.3 Å². The molecule has 0 spiro atoms. The van der Waals surface area contributed by atoms with Gasteiger partial charge in [-0.05, 0) is 42.0 Å². The lowest BCUT2D eigenvalue weighted by Crippen LogP contribution is -2.02. The molecule has 0 saturated heterocycles. The fraction of sp³-hybridized carbons (Fsp3) is 0.0588. The molecule has 0 unspecified atom stereocenters. The van der Waals surface area contributed by atoms with Crippen molar-refractivity contribution < 1.29 is 9.90 Å². The van der Waals surface area contributed by atoms with Gasteiger partial charge in [0.05, 0.1) is 17.8 Å². The van der Waals surface area contributed by atoms with E-state index in [4.69, 9.17) is 34.0 Å². The van der Waals surface area contributed by atoms with Gasteiger partial charge in [-0.1, -0.05) is 29.3 Å². The van der Waals surface area contributed by atoms with E-state index in [9.17, 15) is 4.79 Å². The van der Waals surface area contributed by atoms with Gasteiger partial charge in [0.1, 0.15) is 0 Å². The zero-order chi connectivity index (χ0) is 17.3. The van der Waals surface area contributed by atoms with Crippen molar-refractivity contribution in [1.29, 1.82) is 0 Å². The molecular formula is C17H14Cl3N3O2. The number of aromatic nitrogens is 2. The van der Waals surface area contributed by atoms with Crippen LogP contribution < -0.4 is 5.73 Å². The number of nitrogens with two attached hydrogens (primary N) is 1. The van der Waals surface area contributed by atoms with Crippen molar-refractivity contribution in [2.45, 2.75) is 6.54 Å². The van der Waals surface area contributed by atoms with E-state index in [2.05, 4.69) is 5.10 Å². The summed E-state index contributed by atoms with van der Waals surface area (Å²) in [6.45, 7) is 0.414. The third-order valence-corrected chi connectivity index (χ3v) is 4.11. The van der Waals surface area contributed by atoms with E-state index in [1.807, 2.05) is 12.1 Å². The molecule has 8 heteroatoms. The quantitative estimate of drug-likeness (QED) is 0.501. The van der Waals surface area contributed by atoms with Gasteiger partial charge >= 0.3 is 5.97 Å². The summed E-state index contributed by atoms with van der Waals surface area (Å²) in [5.41, 5.74) is 8.67. The minimum atomic E-state index is -1.03. The molecule has 2 aromatic carbocycles. The van der Waals surface area contributed by atoms with E-state index in [0.29, 0.717) is 28.0 Å². The zero-order valence-corrected chi connectivity index (χ0v) is 15.1. The normalized spacial score (nSPS) is 11.0. The summed E-state index contributed by atoms with van der Waals surface area (Å²) in [4.78, 5) is 10.8. The topological polar surface area (TPSA) is 81.1 Å². The lowest BCUT2D eigenvalue weighted by molar-refractivity contribution is -0.131. The van der Waals surface area contributed by atoms with Crippen molar-refractivity contribution in [2.75, 3.05) is 5.73 Å². The molecule has 0 saturated carbocycles. The van der Waals surface area contributed by atoms with E-state index in [0.717, 1.165) is 22.5 Å². The molecule has 0 amide bonds. The molecule has 0 aliphatic rings. The summed E-state index contributed by atoms with van der Waals surface area (Å²) in [7, 11) is 0. The number of fused-ring (bicyclic) bond motifs is 1. The Morgan fingerprint density at radius 3 is 2.68 bits per heavy atom. The number of nitrogens with zero attached hydrogens (tertiary/aromatic N) is 2. The highest BCUT2D eigenvalue weighted by Gasteiger charge is 2.11. The van der Waals surface area contributed by atoms with E-state index >= 15 is 0 Å². The lowest BCUT2D eigenvalue weighted by Gasteiger charge is -2.07. The molecule has 0 fully saturated rings. The summed E-state index contributed by atoms with van der Waals surface area (Å²) in [6, 6.07) is 10.6. The first-order valence-corrected chi connectivity index (χ1v) is 7.80. The van der Waals surface area contributed by atoms with Crippen LogP contribution in [0.5, 0.6) is 0 Å². The highest BCUT2D eigenvalue weighted by molar-refractivity contribution is 6.35. The molecule has 0 aliphatic heterocycles. The van der Waals surface area contributed by atoms with Crippen LogP contribution in [0.3, 0.4) is 0 Å². The summed E-state index contributed by atoms with van der Waals surface area (Å²) < 4.78 is 1.74. The van der Waals surface area contributed by atoms with Crippen LogP contribution in [0.15, 0.2) is 42.5 Å². The van der Waals surface area contributed by atoms with Crippen LogP contribution in [0.2, 0.25) is 10.0 Å². The van der Waals surface area contributed by atoms with Gasteiger partial charge in [0, 0.05) is 27.2 Å². The summed E-state index contributed by atoms with van der Waals surface area (Å²) in [5.74, 6) is -1.03. The maximum Gasteiger partial charge on any atom is 0.328 e. The third kappa shape index (κ3) is 4.25. The van der Waals surface area contributed by atoms with Crippen LogP contribution in [0, 0.1) is 0 Å². The second kappa shape index (κ2) is 7.78. The summed E-state index contributed by atoms with van der Waals surface area (Å²) in [6.07, 6.45) is 2.51. The number of aliphatic carboxylic acids is 1. The molecular weight excluding hydrogens is 385 g/mol. The SMILES string of the molecule is Cl.Nc1ccc2c(C=CC(=O)O)nn(Cc3ccc(Cl)cc3Cl)c2c1. The molecule has 3 N–H and O–H groups in total. The highest BCUT2D eigenvalue weighted by atomic mass is 35.5. The molecule has 130 valence electrons. The fourth-order valence-electron chi connectivity index (χ4n) is 2.42. The molecule has 0 atom stereocenters. The number of rotatable bonds is 4. The van der Waals surface area contributed by atoms with Gasteiger partial charge in [-0.25, -0.2) is 4.79 Å². The summed E-state index contributed by atoms with van der Waals surface area (Å²) >= 11 is 12.2. The van der Waals surface area contributed by atoms with E-state index < -0.39 is 5.97 Å². The summed E-state index contributed by atoms with van der Waals surface area (Å²) in [5, 5.41) is 15.2. The molecule has 1 aromatic heterocycles. The molecule has 0 bridgehead atoms. The smallest absolute Gasteiger partial charge is 0.328 e. The minimum absolute atomic E-state index is 0. The first-order valence-electron chi connectivity index (χ1n) is 7.05. The van der Waals surface area contributed by atoms with E-state index in [-0.39, 0.29) is 12.4 Å². The number of halogens is 3. The second-order valence-corrected chi connectivity index (χ2v) is 6.07. The number of anilines is 1. The zero-order valence-electron chi connectivity index (χ0n) is 12.8. The Labute approximate surface area is 160 Å². The fourth-order valence-corrected chi connectivity index (χ4v) is 2.89. The standard InChI is InChI=1S/C17H13Cl2N3O2.ClH/c18-11-2-1-10(14(19)7-11)9-22-16-8-12(20)3-4-13(16)15(21-22)5-6-17(23)24;/h1-8H,9,20H2,(H,23,24);1H. The van der Waals surface area contributed by atoms with Crippen molar-refractivity contribution in [2.24, 2.45) is 0 Å². The molecule has 0 aliphatic carbocycles. The maximum atomic E-state index is 10.8. The first-order chi connectivity index (χ1) is 11.4. The monoisotopic (exact) mass is 397 g/mol. The van der Waals surface area contributed by atoms with Crippen LogP contribution in [0.4, 0.5) is 5.69 Å². The number of hydrogen-bond donors (Lipinski definition) is 2. The Bertz CT molecular complexity index is 967. The van der Waals surface area contributed by atoms with Gasteiger partial charge in [0.2, 0.25) is 0 Å². The predicted molar refractivity (Wildman–Crippen MR) is 104 cm³/mol. The average molecular weight is 399 g/mol. The van der Waals surface area contributed by atoms with E-state index in [1.165, 1.54) is 6.08 Å². The number of carboxylic acid groups (broad SMARTS) is 1. The maximum absolute atomic E-state index is 10.8. The van der Waals surface area contributed by atoms with Gasteiger partial charge in [-0.3, -0.25) is 4.68 Å². The Kier molecular flexibility index (Phi) is 5.95. The Hall–Kier alpha value is -2.21. The number of nitrogen functional groups attached to an aromatic ring is 1. The van der Waals surface area contributed by atoms with E-state index in [1.54, 1.807) is 28.9 Å². The van der Waals surface area contributed by atoms with Gasteiger partial charge in [0.15, 0.2) is 0 Å². The van der Waals surface area contributed by atoms with Gasteiger partial charge < -0.3 is 10.8 Å². The largest absolute Gasteiger partial charge is 0.478 e. The predicted octanol–water partition coefficient (Wildman–Crippen LogP) is 4.49. The van der Waals surface area contributed by atoms with Gasteiger partial charge in [-0.15, -0.1) is 12.4 Å². The van der Waals surface area contributed by atoms with Crippen molar-refractivity contribution in [3.8, 4) is 0 Å². The van der Waals surface area contributed by atoms with Crippen molar-refractivity contribution in [3.05, 3.63) is 63.8 Å². The molecule has 3 aromatic rings. The van der Waals surface area contributed by atoms with Crippen LogP contribution >= 0.6 is 35.6 Å². The van der Waals surface area contributed by atoms with Gasteiger partial charge in [0.25, 0.3) is 0 Å². The first kappa shape index (κ1) is 19.1. The second-order valence-electron chi connectivity index (χ2n) is 5.23. The Morgan fingerprint density at radius 1 is 1.24 bits per heavy atom. The van der Waals surface area contributed by atoms with Crippen molar-refractivity contribution >= 4 is 64.2 Å². The Balaban J connectivity index is 0.00000225. The molecule has 5 nitrogen and oxygen atoms in total. The molecule has 3 rings (SSSR count). The van der Waals surface area contributed by atoms with Crippen LogP contribution in [0.25, 0.3) is 17.0 Å². The lowest BCUT2D eigenvalue weighted by atomic mass is 10.1. The van der Waals surface area contributed by atoms with Gasteiger partial charge in [-0.2, -0.15) is 5.10 Å². The van der Waals surface area contributed by atoms with Crippen LogP contribution in [-0.2, 0) is 11.3 Å². The molecule has 0 radical (unpaired) electrons. The number of carboxylic acids is 1. The molecule has 1 heterocycles. The minimum Gasteiger partial charge on any atom is -0.478 e. The molecule has 25 heavy (non-hydrogen) atoms. The number of carbonyl (C=O) groups is 1. The highest BCUT2D eigenvalue weighted by Crippen LogP contribution is 2.26.